The first-order valence-electron chi connectivity index (χ1n) is 7.71. The van der Waals surface area contributed by atoms with Gasteiger partial charge in [0.15, 0.2) is 0 Å². The smallest absolute Gasteiger partial charge is 0.259 e. The molecular weight excluding hydrogens is 292 g/mol. The Kier molecular flexibility index (Phi) is 5.39. The molecule has 6 nitrogen and oxygen atoms in total. The summed E-state index contributed by atoms with van der Waals surface area (Å²) >= 11 is 0. The highest BCUT2D eigenvalue weighted by Gasteiger charge is 2.15. The van der Waals surface area contributed by atoms with Gasteiger partial charge < -0.3 is 15.3 Å². The van der Waals surface area contributed by atoms with Crippen molar-refractivity contribution in [3.8, 4) is 0 Å². The summed E-state index contributed by atoms with van der Waals surface area (Å²) in [5, 5.41) is 16.1. The molecule has 0 aliphatic heterocycles. The number of aliphatic hydroxyl groups is 1. The predicted octanol–water partition coefficient (Wildman–Crippen LogP) is 2.45. The second kappa shape index (κ2) is 7.28. The van der Waals surface area contributed by atoms with Crippen LogP contribution in [-0.2, 0) is 0 Å². The van der Waals surface area contributed by atoms with Gasteiger partial charge in [-0.05, 0) is 45.0 Å². The minimum atomic E-state index is -0.161. The second-order valence-corrected chi connectivity index (χ2v) is 5.83. The number of benzene rings is 1. The lowest BCUT2D eigenvalue weighted by Gasteiger charge is -2.18. The Bertz CT molecular complexity index is 662. The summed E-state index contributed by atoms with van der Waals surface area (Å²) in [7, 11) is 1.91. The number of nitrogens with zero attached hydrogens (tertiary/aromatic N) is 3. The van der Waals surface area contributed by atoms with E-state index in [0.717, 1.165) is 17.1 Å². The van der Waals surface area contributed by atoms with E-state index in [0.29, 0.717) is 12.1 Å². The van der Waals surface area contributed by atoms with Crippen molar-refractivity contribution in [2.45, 2.75) is 26.8 Å². The summed E-state index contributed by atoms with van der Waals surface area (Å²) in [5.74, 6) is -0.161. The highest BCUT2D eigenvalue weighted by Crippen LogP contribution is 2.19. The zero-order valence-electron chi connectivity index (χ0n) is 14.1. The zero-order valence-corrected chi connectivity index (χ0v) is 14.1. The minimum absolute atomic E-state index is 0.105. The number of aliphatic hydroxyl groups excluding tert-OH is 1. The summed E-state index contributed by atoms with van der Waals surface area (Å²) in [4.78, 5) is 14.3. The largest absolute Gasteiger partial charge is 0.395 e. The average molecular weight is 316 g/mol. The number of carbonyl (C=O) groups is 1. The van der Waals surface area contributed by atoms with Gasteiger partial charge in [0.25, 0.3) is 5.91 Å². The average Bonchev–Trinajstić information content (AvgIpc) is 2.90. The van der Waals surface area contributed by atoms with Crippen LogP contribution in [0.1, 0.15) is 35.9 Å². The SMILES string of the molecule is Cc1c(C(=O)Nc2ccc(N(C)CCO)cc2)cnn1C(C)C. The van der Waals surface area contributed by atoms with Crippen molar-refractivity contribution < 1.29 is 9.90 Å². The van der Waals surface area contributed by atoms with Crippen LogP contribution in [0.2, 0.25) is 0 Å². The molecule has 0 unspecified atom stereocenters. The van der Waals surface area contributed by atoms with Crippen LogP contribution in [0.3, 0.4) is 0 Å². The van der Waals surface area contributed by atoms with Gasteiger partial charge in [-0.25, -0.2) is 0 Å². The zero-order chi connectivity index (χ0) is 17.0. The third kappa shape index (κ3) is 3.90. The molecule has 0 atom stereocenters. The predicted molar refractivity (Wildman–Crippen MR) is 92.1 cm³/mol. The lowest BCUT2D eigenvalue weighted by molar-refractivity contribution is 0.102. The highest BCUT2D eigenvalue weighted by atomic mass is 16.3. The van der Waals surface area contributed by atoms with Gasteiger partial charge in [0.2, 0.25) is 0 Å². The number of hydrogen-bond acceptors (Lipinski definition) is 4. The first-order valence-corrected chi connectivity index (χ1v) is 7.71. The van der Waals surface area contributed by atoms with Crippen LogP contribution in [0, 0.1) is 6.92 Å². The van der Waals surface area contributed by atoms with Crippen molar-refractivity contribution in [1.82, 2.24) is 9.78 Å². The Hall–Kier alpha value is -2.34. The lowest BCUT2D eigenvalue weighted by Crippen LogP contribution is -2.21. The number of hydrogen-bond donors (Lipinski definition) is 2. The fraction of sp³-hybridized carbons (Fsp3) is 0.412. The normalized spacial score (nSPS) is 10.9. The Morgan fingerprint density at radius 1 is 1.35 bits per heavy atom. The molecule has 6 heteroatoms. The first kappa shape index (κ1) is 17.0. The summed E-state index contributed by atoms with van der Waals surface area (Å²) < 4.78 is 1.84. The van der Waals surface area contributed by atoms with E-state index in [1.807, 2.05) is 61.7 Å². The molecule has 1 amide bonds. The van der Waals surface area contributed by atoms with Crippen LogP contribution in [0.15, 0.2) is 30.5 Å². The number of likely N-dealkylation sites (N-methyl/N-ethyl adjacent to an activating group) is 1. The Labute approximate surface area is 136 Å². The first-order chi connectivity index (χ1) is 10.9. The van der Waals surface area contributed by atoms with E-state index in [1.165, 1.54) is 0 Å². The van der Waals surface area contributed by atoms with Gasteiger partial charge in [-0.1, -0.05) is 0 Å². The van der Waals surface area contributed by atoms with Crippen LogP contribution in [-0.4, -0.2) is 41.0 Å². The molecule has 124 valence electrons. The van der Waals surface area contributed by atoms with E-state index in [9.17, 15) is 4.79 Å². The van der Waals surface area contributed by atoms with Crippen LogP contribution < -0.4 is 10.2 Å². The number of nitrogens with one attached hydrogen (secondary N) is 1. The van der Waals surface area contributed by atoms with E-state index in [4.69, 9.17) is 5.11 Å². The van der Waals surface area contributed by atoms with Gasteiger partial charge in [-0.2, -0.15) is 5.10 Å². The molecule has 0 fully saturated rings. The topological polar surface area (TPSA) is 70.4 Å². The monoisotopic (exact) mass is 316 g/mol. The van der Waals surface area contributed by atoms with Crippen molar-refractivity contribution in [2.75, 3.05) is 30.4 Å². The van der Waals surface area contributed by atoms with Crippen molar-refractivity contribution in [3.63, 3.8) is 0 Å². The van der Waals surface area contributed by atoms with Crippen molar-refractivity contribution in [1.29, 1.82) is 0 Å². The van der Waals surface area contributed by atoms with E-state index < -0.39 is 0 Å². The van der Waals surface area contributed by atoms with Gasteiger partial charge in [-0.3, -0.25) is 9.48 Å². The summed E-state index contributed by atoms with van der Waals surface area (Å²) in [6, 6.07) is 7.75. The molecule has 23 heavy (non-hydrogen) atoms. The van der Waals surface area contributed by atoms with Gasteiger partial charge in [-0.15, -0.1) is 0 Å². The third-order valence-corrected chi connectivity index (χ3v) is 3.78. The maximum Gasteiger partial charge on any atom is 0.259 e. The Morgan fingerprint density at radius 2 is 2.00 bits per heavy atom. The molecule has 0 radical (unpaired) electrons. The second-order valence-electron chi connectivity index (χ2n) is 5.83. The number of amides is 1. The number of rotatable bonds is 6. The van der Waals surface area contributed by atoms with Gasteiger partial charge in [0.1, 0.15) is 0 Å². The van der Waals surface area contributed by atoms with Crippen LogP contribution >= 0.6 is 0 Å². The van der Waals surface area contributed by atoms with Gasteiger partial charge in [0.05, 0.1) is 18.4 Å². The fourth-order valence-electron chi connectivity index (χ4n) is 2.44. The third-order valence-electron chi connectivity index (χ3n) is 3.78. The number of aromatic nitrogens is 2. The maximum atomic E-state index is 12.4. The number of carbonyl (C=O) groups excluding carboxylic acids is 1. The molecule has 1 aromatic carbocycles. The van der Waals surface area contributed by atoms with Crippen LogP contribution in [0.5, 0.6) is 0 Å². The summed E-state index contributed by atoms with van der Waals surface area (Å²) in [5.41, 5.74) is 3.16. The molecular formula is C17H24N4O2. The fourth-order valence-corrected chi connectivity index (χ4v) is 2.44. The van der Waals surface area contributed by atoms with E-state index >= 15 is 0 Å². The van der Waals surface area contributed by atoms with Crippen molar-refractivity contribution in [3.05, 3.63) is 41.7 Å². The molecule has 0 bridgehead atoms. The molecule has 2 aromatic rings. The molecule has 0 spiro atoms. The molecule has 0 aliphatic carbocycles. The Morgan fingerprint density at radius 3 is 2.52 bits per heavy atom. The standard InChI is InChI=1S/C17H24N4O2/c1-12(2)21-13(3)16(11-18-21)17(23)19-14-5-7-15(8-6-14)20(4)9-10-22/h5-8,11-12,22H,9-10H2,1-4H3,(H,19,23). The van der Waals surface area contributed by atoms with E-state index in [2.05, 4.69) is 10.4 Å². The lowest BCUT2D eigenvalue weighted by atomic mass is 10.2. The number of anilines is 2. The van der Waals surface area contributed by atoms with E-state index in [1.54, 1.807) is 6.20 Å². The minimum Gasteiger partial charge on any atom is -0.395 e. The quantitative estimate of drug-likeness (QED) is 0.859. The molecule has 0 saturated carbocycles. The molecule has 0 aliphatic rings. The maximum absolute atomic E-state index is 12.4. The van der Waals surface area contributed by atoms with Gasteiger partial charge in [0, 0.05) is 36.7 Å². The van der Waals surface area contributed by atoms with Crippen LogP contribution in [0.4, 0.5) is 11.4 Å². The highest BCUT2D eigenvalue weighted by molar-refractivity contribution is 6.04. The molecule has 2 rings (SSSR count). The van der Waals surface area contributed by atoms with Crippen molar-refractivity contribution >= 4 is 17.3 Å². The van der Waals surface area contributed by atoms with Gasteiger partial charge >= 0.3 is 0 Å². The molecule has 0 saturated heterocycles. The molecule has 2 N–H and O–H groups in total. The van der Waals surface area contributed by atoms with Crippen molar-refractivity contribution in [2.24, 2.45) is 0 Å². The molecule has 1 heterocycles. The summed E-state index contributed by atoms with van der Waals surface area (Å²) in [6.07, 6.45) is 1.61. The summed E-state index contributed by atoms with van der Waals surface area (Å²) in [6.45, 7) is 6.63. The molecule has 1 aromatic heterocycles. The van der Waals surface area contributed by atoms with E-state index in [-0.39, 0.29) is 18.6 Å². The van der Waals surface area contributed by atoms with Crippen LogP contribution in [0.25, 0.3) is 0 Å². The Balaban J connectivity index is 2.08.